The van der Waals surface area contributed by atoms with Crippen LogP contribution in [0.25, 0.3) is 0 Å². The lowest BCUT2D eigenvalue weighted by Crippen LogP contribution is -2.60. The predicted molar refractivity (Wildman–Crippen MR) is 91.7 cm³/mol. The van der Waals surface area contributed by atoms with Gasteiger partial charge in [0, 0.05) is 13.2 Å². The van der Waals surface area contributed by atoms with Gasteiger partial charge in [-0.1, -0.05) is 0 Å². The smallest absolute Gasteiger partial charge is 0.333 e. The van der Waals surface area contributed by atoms with Crippen molar-refractivity contribution >= 4 is 10.3 Å². The van der Waals surface area contributed by atoms with Gasteiger partial charge < -0.3 is 28.4 Å². The van der Waals surface area contributed by atoms with E-state index >= 15 is 0 Å². The molecule has 0 amide bonds. The van der Waals surface area contributed by atoms with E-state index in [0.717, 1.165) is 13.2 Å². The van der Waals surface area contributed by atoms with Crippen LogP contribution < -0.4 is 5.14 Å². The molecule has 4 aliphatic rings. The van der Waals surface area contributed by atoms with Crippen LogP contribution in [-0.4, -0.2) is 70.5 Å². The van der Waals surface area contributed by atoms with Gasteiger partial charge in [-0.25, -0.2) is 5.14 Å². The molecular formula is C16H29NO9S. The van der Waals surface area contributed by atoms with Gasteiger partial charge in [0.05, 0.1) is 6.61 Å². The number of nitrogens with two attached hydrogens (primary N) is 1. The van der Waals surface area contributed by atoms with Crippen LogP contribution in [0.4, 0.5) is 0 Å². The molecule has 0 aromatic carbocycles. The maximum absolute atomic E-state index is 11.1. The fourth-order valence-electron chi connectivity index (χ4n) is 3.62. The molecule has 0 aliphatic carbocycles. The minimum atomic E-state index is -4.14. The summed E-state index contributed by atoms with van der Waals surface area (Å²) in [6.45, 7) is 8.71. The zero-order chi connectivity index (χ0) is 19.9. The monoisotopic (exact) mass is 411 g/mol. The van der Waals surface area contributed by atoms with Crippen LogP contribution in [0.1, 0.15) is 40.5 Å². The van der Waals surface area contributed by atoms with E-state index in [1.54, 1.807) is 27.7 Å². The van der Waals surface area contributed by atoms with E-state index in [9.17, 15) is 8.42 Å². The molecule has 0 bridgehead atoms. The van der Waals surface area contributed by atoms with Crippen LogP contribution >= 0.6 is 0 Å². The summed E-state index contributed by atoms with van der Waals surface area (Å²) < 4.78 is 60.8. The highest BCUT2D eigenvalue weighted by Gasteiger charge is 2.65. The molecule has 4 heterocycles. The first-order valence-electron chi connectivity index (χ1n) is 9.04. The Hall–Kier alpha value is -0.370. The summed E-state index contributed by atoms with van der Waals surface area (Å²) in [5.41, 5.74) is 0. The van der Waals surface area contributed by atoms with Gasteiger partial charge in [0.15, 0.2) is 11.6 Å². The SMILES string of the molecule is C1CCOC1.CC1(C)O[C@@H]2[C@@H](CO[C@@]3(COS(N)(=O)=O)OC(C)(C)O[C@@H]23)O1. The lowest BCUT2D eigenvalue weighted by atomic mass is 9.98. The van der Waals surface area contributed by atoms with E-state index in [-0.39, 0.29) is 12.7 Å². The molecule has 0 radical (unpaired) electrons. The standard InChI is InChI=1S/C12H21NO8S.C4H8O/c1-10(2)18-7-5-16-12(6-17-22(13,14)15)9(8(7)19-10)20-11(3,4)21-12;1-2-4-5-3-1/h7-9H,5-6H2,1-4H3,(H2,13,14,15);1-4H2/t7-,8-,9+,12+;/m1./s1. The van der Waals surface area contributed by atoms with Gasteiger partial charge in [-0.05, 0) is 40.5 Å². The molecule has 2 N–H and O–H groups in total. The topological polar surface area (TPSA) is 125 Å². The Kier molecular flexibility index (Phi) is 5.90. The van der Waals surface area contributed by atoms with Crippen LogP contribution in [-0.2, 0) is 42.9 Å². The summed E-state index contributed by atoms with van der Waals surface area (Å²) in [5, 5.41) is 4.89. The van der Waals surface area contributed by atoms with E-state index in [4.69, 9.17) is 37.7 Å². The molecule has 4 saturated heterocycles. The second-order valence-electron chi connectivity index (χ2n) is 7.88. The minimum absolute atomic E-state index is 0.165. The number of fused-ring (bicyclic) bond motifs is 3. The van der Waals surface area contributed by atoms with Crippen molar-refractivity contribution in [2.24, 2.45) is 5.14 Å². The number of rotatable bonds is 3. The molecule has 0 aromatic rings. The molecule has 0 saturated carbocycles. The van der Waals surface area contributed by atoms with E-state index in [2.05, 4.69) is 0 Å². The normalized spacial score (nSPS) is 39.4. The lowest BCUT2D eigenvalue weighted by molar-refractivity contribution is -0.290. The van der Waals surface area contributed by atoms with Crippen LogP contribution in [0.3, 0.4) is 0 Å². The van der Waals surface area contributed by atoms with Crippen molar-refractivity contribution in [3.63, 3.8) is 0 Å². The van der Waals surface area contributed by atoms with Crippen LogP contribution in [0, 0.1) is 0 Å². The third kappa shape index (κ3) is 5.17. The van der Waals surface area contributed by atoms with Gasteiger partial charge in [-0.15, -0.1) is 0 Å². The first-order valence-corrected chi connectivity index (χ1v) is 10.5. The molecular weight excluding hydrogens is 382 g/mol. The summed E-state index contributed by atoms with van der Waals surface area (Å²) in [7, 11) is -4.14. The van der Waals surface area contributed by atoms with Crippen LogP contribution in [0.2, 0.25) is 0 Å². The molecule has 27 heavy (non-hydrogen) atoms. The minimum Gasteiger partial charge on any atom is -0.381 e. The Balaban J connectivity index is 0.000000364. The van der Waals surface area contributed by atoms with Crippen molar-refractivity contribution in [2.45, 2.75) is 76.2 Å². The second kappa shape index (κ2) is 7.47. The molecule has 10 nitrogen and oxygen atoms in total. The maximum atomic E-state index is 11.1. The summed E-state index contributed by atoms with van der Waals surface area (Å²) in [6, 6.07) is 0. The highest BCUT2D eigenvalue weighted by Crippen LogP contribution is 2.47. The maximum Gasteiger partial charge on any atom is 0.333 e. The van der Waals surface area contributed by atoms with Crippen molar-refractivity contribution in [3.8, 4) is 0 Å². The summed E-state index contributed by atoms with van der Waals surface area (Å²) >= 11 is 0. The van der Waals surface area contributed by atoms with Gasteiger partial charge in [0.2, 0.25) is 5.79 Å². The number of ether oxygens (including phenoxy) is 6. The highest BCUT2D eigenvalue weighted by molar-refractivity contribution is 7.84. The summed E-state index contributed by atoms with van der Waals surface area (Å²) in [6.07, 6.45) is 1.06. The zero-order valence-electron chi connectivity index (χ0n) is 16.1. The Morgan fingerprint density at radius 3 is 2.26 bits per heavy atom. The van der Waals surface area contributed by atoms with Crippen molar-refractivity contribution in [2.75, 3.05) is 26.4 Å². The van der Waals surface area contributed by atoms with Gasteiger partial charge in [-0.2, -0.15) is 8.42 Å². The van der Waals surface area contributed by atoms with Gasteiger partial charge in [0.1, 0.15) is 24.9 Å². The quantitative estimate of drug-likeness (QED) is 0.702. The fourth-order valence-corrected chi connectivity index (χ4v) is 3.95. The molecule has 4 fully saturated rings. The van der Waals surface area contributed by atoms with E-state index in [1.807, 2.05) is 0 Å². The van der Waals surface area contributed by atoms with Crippen molar-refractivity contribution in [3.05, 3.63) is 0 Å². The molecule has 0 aromatic heterocycles. The zero-order valence-corrected chi connectivity index (χ0v) is 17.0. The molecule has 11 heteroatoms. The molecule has 158 valence electrons. The molecule has 0 unspecified atom stereocenters. The average molecular weight is 411 g/mol. The number of hydrogen-bond acceptors (Lipinski definition) is 9. The third-order valence-electron chi connectivity index (χ3n) is 4.53. The molecule has 4 rings (SSSR count). The van der Waals surface area contributed by atoms with Gasteiger partial charge in [0.25, 0.3) is 0 Å². The average Bonchev–Trinajstić information content (AvgIpc) is 3.21. The van der Waals surface area contributed by atoms with Crippen LogP contribution in [0.5, 0.6) is 0 Å². The highest BCUT2D eigenvalue weighted by atomic mass is 32.2. The summed E-state index contributed by atoms with van der Waals surface area (Å²) in [5.74, 6) is -3.19. The Bertz CT molecular complexity index is 626. The molecule has 4 atom stereocenters. The van der Waals surface area contributed by atoms with Crippen molar-refractivity contribution < 1.29 is 41.0 Å². The molecule has 0 spiro atoms. The molecule has 4 aliphatic heterocycles. The van der Waals surface area contributed by atoms with Crippen molar-refractivity contribution in [1.29, 1.82) is 0 Å². The fraction of sp³-hybridized carbons (Fsp3) is 1.00. The Morgan fingerprint density at radius 2 is 1.70 bits per heavy atom. The van der Waals surface area contributed by atoms with E-state index in [0.29, 0.717) is 0 Å². The lowest BCUT2D eigenvalue weighted by Gasteiger charge is -2.40. The van der Waals surface area contributed by atoms with E-state index < -0.39 is 46.5 Å². The predicted octanol–water partition coefficient (Wildman–Crippen LogP) is 0.401. The summed E-state index contributed by atoms with van der Waals surface area (Å²) in [4.78, 5) is 0. The van der Waals surface area contributed by atoms with Crippen molar-refractivity contribution in [1.82, 2.24) is 0 Å². The first-order chi connectivity index (χ1) is 12.4. The third-order valence-corrected chi connectivity index (χ3v) is 4.97. The van der Waals surface area contributed by atoms with Gasteiger partial charge >= 0.3 is 10.3 Å². The number of hydrogen-bond donors (Lipinski definition) is 1. The Labute approximate surface area is 159 Å². The van der Waals surface area contributed by atoms with Gasteiger partial charge in [-0.3, -0.25) is 4.18 Å². The largest absolute Gasteiger partial charge is 0.381 e. The van der Waals surface area contributed by atoms with Crippen LogP contribution in [0.15, 0.2) is 0 Å². The Morgan fingerprint density at radius 1 is 1.04 bits per heavy atom. The van der Waals surface area contributed by atoms with E-state index in [1.165, 1.54) is 12.8 Å². The second-order valence-corrected chi connectivity index (χ2v) is 9.10. The first kappa shape index (κ1) is 21.3.